The van der Waals surface area contributed by atoms with Gasteiger partial charge in [0.1, 0.15) is 0 Å². The van der Waals surface area contributed by atoms with Crippen LogP contribution in [0.5, 0.6) is 0 Å². The fourth-order valence-corrected chi connectivity index (χ4v) is 4.28. The summed E-state index contributed by atoms with van der Waals surface area (Å²) in [4.78, 5) is 18.2. The minimum absolute atomic E-state index is 0.100. The molecule has 4 rings (SSSR count). The number of nitrogens with zero attached hydrogens (tertiary/aromatic N) is 1. The van der Waals surface area contributed by atoms with Crippen LogP contribution in [0.1, 0.15) is 24.8 Å². The molecule has 2 aromatic rings. The van der Waals surface area contributed by atoms with Gasteiger partial charge in [0.25, 0.3) is 0 Å². The summed E-state index contributed by atoms with van der Waals surface area (Å²) >= 11 is 6.02. The number of rotatable bonds is 5. The van der Waals surface area contributed by atoms with E-state index in [1.54, 1.807) is 0 Å². The second-order valence-corrected chi connectivity index (χ2v) is 7.99. The Hall–Kier alpha value is -1.56. The molecule has 2 N–H and O–H groups in total. The van der Waals surface area contributed by atoms with Crippen molar-refractivity contribution in [1.82, 2.24) is 15.2 Å². The second-order valence-electron chi connectivity index (χ2n) is 7.55. The highest BCUT2D eigenvalue weighted by Crippen LogP contribution is 2.23. The van der Waals surface area contributed by atoms with E-state index in [2.05, 4.69) is 15.2 Å². The van der Waals surface area contributed by atoms with Gasteiger partial charge in [-0.15, -0.1) is 0 Å². The lowest BCUT2D eigenvalue weighted by molar-refractivity contribution is -0.121. The molecule has 0 unspecified atom stereocenters. The topological polar surface area (TPSA) is 57.4 Å². The highest BCUT2D eigenvalue weighted by molar-refractivity contribution is 6.31. The average molecular weight is 376 g/mol. The number of carbonyl (C=O) groups is 1. The Bertz CT molecular complexity index is 762. The Labute approximate surface area is 159 Å². The van der Waals surface area contributed by atoms with Crippen LogP contribution in [0, 0.1) is 5.92 Å². The summed E-state index contributed by atoms with van der Waals surface area (Å²) in [5.74, 6) is 0.792. The maximum atomic E-state index is 12.5. The molecule has 0 saturated carbocycles. The maximum Gasteiger partial charge on any atom is 0.224 e. The van der Waals surface area contributed by atoms with Gasteiger partial charge in [-0.3, -0.25) is 4.79 Å². The van der Waals surface area contributed by atoms with E-state index in [0.29, 0.717) is 23.4 Å². The Morgan fingerprint density at radius 1 is 1.31 bits per heavy atom. The van der Waals surface area contributed by atoms with Crippen molar-refractivity contribution in [3.63, 3.8) is 0 Å². The minimum atomic E-state index is 0.100. The summed E-state index contributed by atoms with van der Waals surface area (Å²) in [6.07, 6.45) is 5.56. The molecule has 2 fully saturated rings. The number of benzene rings is 1. The fraction of sp³-hybridized carbons (Fsp3) is 0.550. The third-order valence-corrected chi connectivity index (χ3v) is 5.81. The van der Waals surface area contributed by atoms with Gasteiger partial charge in [0.15, 0.2) is 0 Å². The highest BCUT2D eigenvalue weighted by atomic mass is 35.5. The van der Waals surface area contributed by atoms with Crippen LogP contribution in [-0.4, -0.2) is 54.7 Å². The lowest BCUT2D eigenvalue weighted by Crippen LogP contribution is -2.46. The molecule has 0 spiro atoms. The molecule has 1 aromatic carbocycles. The standard InChI is InChI=1S/C20H26ClN3O2/c21-16-1-2-18-15(11-22-19(18)10-16)9-20(25)23-17-3-6-24(7-4-17)12-14-5-8-26-13-14/h1-2,10-11,14,17,22H,3-9,12-13H2,(H,23,25)/t14-/m1/s1. The largest absolute Gasteiger partial charge is 0.381 e. The lowest BCUT2D eigenvalue weighted by atomic mass is 10.0. The van der Waals surface area contributed by atoms with Crippen molar-refractivity contribution in [3.8, 4) is 0 Å². The van der Waals surface area contributed by atoms with E-state index >= 15 is 0 Å². The number of carbonyl (C=O) groups excluding carboxylic acids is 1. The van der Waals surface area contributed by atoms with E-state index in [9.17, 15) is 4.79 Å². The summed E-state index contributed by atoms with van der Waals surface area (Å²) < 4.78 is 5.47. The SMILES string of the molecule is O=C(Cc1c[nH]c2cc(Cl)ccc12)NC1CCN(C[C@H]2CCOC2)CC1. The van der Waals surface area contributed by atoms with E-state index < -0.39 is 0 Å². The first-order valence-corrected chi connectivity index (χ1v) is 9.90. The zero-order valence-corrected chi connectivity index (χ0v) is 15.7. The van der Waals surface area contributed by atoms with Crippen molar-refractivity contribution in [2.24, 2.45) is 5.92 Å². The molecular weight excluding hydrogens is 350 g/mol. The van der Waals surface area contributed by atoms with Crippen LogP contribution < -0.4 is 5.32 Å². The van der Waals surface area contributed by atoms with Crippen LogP contribution in [-0.2, 0) is 16.0 Å². The summed E-state index contributed by atoms with van der Waals surface area (Å²) in [6, 6.07) is 6.02. The van der Waals surface area contributed by atoms with Gasteiger partial charge < -0.3 is 19.9 Å². The summed E-state index contributed by atoms with van der Waals surface area (Å²) in [6.45, 7) is 5.09. The van der Waals surface area contributed by atoms with Gasteiger partial charge in [-0.2, -0.15) is 0 Å². The van der Waals surface area contributed by atoms with Gasteiger partial charge in [0, 0.05) is 54.4 Å². The predicted octanol–water partition coefficient (Wildman–Crippen LogP) is 2.98. The molecule has 26 heavy (non-hydrogen) atoms. The van der Waals surface area contributed by atoms with Gasteiger partial charge in [0.05, 0.1) is 13.0 Å². The number of likely N-dealkylation sites (tertiary alicyclic amines) is 1. The number of halogens is 1. The van der Waals surface area contributed by atoms with Crippen molar-refractivity contribution < 1.29 is 9.53 Å². The highest BCUT2D eigenvalue weighted by Gasteiger charge is 2.24. The minimum Gasteiger partial charge on any atom is -0.381 e. The molecule has 2 aliphatic heterocycles. The number of piperidine rings is 1. The Morgan fingerprint density at radius 2 is 2.15 bits per heavy atom. The number of ether oxygens (including phenoxy) is 1. The molecule has 2 aliphatic rings. The van der Waals surface area contributed by atoms with E-state index in [4.69, 9.17) is 16.3 Å². The first kappa shape index (κ1) is 17.8. The van der Waals surface area contributed by atoms with Crippen molar-refractivity contribution in [1.29, 1.82) is 0 Å². The van der Waals surface area contributed by atoms with Crippen LogP contribution >= 0.6 is 11.6 Å². The van der Waals surface area contributed by atoms with Gasteiger partial charge in [0.2, 0.25) is 5.91 Å². The van der Waals surface area contributed by atoms with Crippen molar-refractivity contribution >= 4 is 28.4 Å². The fourth-order valence-electron chi connectivity index (χ4n) is 4.11. The number of fused-ring (bicyclic) bond motifs is 1. The Kier molecular flexibility index (Phi) is 5.48. The van der Waals surface area contributed by atoms with Gasteiger partial charge >= 0.3 is 0 Å². The molecule has 0 bridgehead atoms. The van der Waals surface area contributed by atoms with Crippen molar-refractivity contribution in [2.75, 3.05) is 32.8 Å². The smallest absolute Gasteiger partial charge is 0.224 e. The van der Waals surface area contributed by atoms with E-state index in [1.165, 1.54) is 6.42 Å². The molecule has 0 radical (unpaired) electrons. The van der Waals surface area contributed by atoms with E-state index in [0.717, 1.165) is 62.2 Å². The maximum absolute atomic E-state index is 12.5. The molecule has 1 aromatic heterocycles. The quantitative estimate of drug-likeness (QED) is 0.844. The third-order valence-electron chi connectivity index (χ3n) is 5.57. The second kappa shape index (κ2) is 7.99. The summed E-state index contributed by atoms with van der Waals surface area (Å²) in [5.41, 5.74) is 2.00. The number of aromatic nitrogens is 1. The van der Waals surface area contributed by atoms with Crippen LogP contribution in [0.25, 0.3) is 10.9 Å². The van der Waals surface area contributed by atoms with Crippen LogP contribution in [0.4, 0.5) is 0 Å². The monoisotopic (exact) mass is 375 g/mol. The first-order chi connectivity index (χ1) is 12.7. The van der Waals surface area contributed by atoms with Crippen LogP contribution in [0.3, 0.4) is 0 Å². The number of hydrogen-bond donors (Lipinski definition) is 2. The molecule has 6 heteroatoms. The van der Waals surface area contributed by atoms with Gasteiger partial charge in [-0.25, -0.2) is 0 Å². The molecule has 0 aliphatic carbocycles. The zero-order valence-electron chi connectivity index (χ0n) is 15.0. The molecule has 1 amide bonds. The third kappa shape index (κ3) is 4.22. The molecule has 140 valence electrons. The predicted molar refractivity (Wildman–Crippen MR) is 104 cm³/mol. The average Bonchev–Trinajstić information content (AvgIpc) is 3.27. The molecule has 3 heterocycles. The lowest BCUT2D eigenvalue weighted by Gasteiger charge is -2.33. The summed E-state index contributed by atoms with van der Waals surface area (Å²) in [7, 11) is 0. The van der Waals surface area contributed by atoms with Crippen LogP contribution in [0.15, 0.2) is 24.4 Å². The van der Waals surface area contributed by atoms with E-state index in [1.807, 2.05) is 24.4 Å². The first-order valence-electron chi connectivity index (χ1n) is 9.52. The number of aromatic amines is 1. The van der Waals surface area contributed by atoms with Gasteiger partial charge in [-0.1, -0.05) is 17.7 Å². The van der Waals surface area contributed by atoms with Crippen LogP contribution in [0.2, 0.25) is 5.02 Å². The number of nitrogens with one attached hydrogen (secondary N) is 2. The molecule has 2 saturated heterocycles. The Balaban J connectivity index is 1.26. The Morgan fingerprint density at radius 3 is 2.92 bits per heavy atom. The normalized spacial score (nSPS) is 22.1. The molecular formula is C20H26ClN3O2. The number of H-pyrrole nitrogens is 1. The summed E-state index contributed by atoms with van der Waals surface area (Å²) in [5, 5.41) is 4.99. The molecule has 1 atom stereocenters. The van der Waals surface area contributed by atoms with Crippen molar-refractivity contribution in [3.05, 3.63) is 35.0 Å². The van der Waals surface area contributed by atoms with Crippen molar-refractivity contribution in [2.45, 2.75) is 31.7 Å². The number of hydrogen-bond acceptors (Lipinski definition) is 3. The van der Waals surface area contributed by atoms with E-state index in [-0.39, 0.29) is 5.91 Å². The zero-order chi connectivity index (χ0) is 17.9. The van der Waals surface area contributed by atoms with Gasteiger partial charge in [-0.05, 0) is 42.9 Å². The molecule has 5 nitrogen and oxygen atoms in total. The number of amides is 1.